The molecule has 2 aromatic rings. The number of fused-ring (bicyclic) bond motifs is 1. The van der Waals surface area contributed by atoms with Crippen LogP contribution < -0.4 is 16.6 Å². The fourth-order valence-corrected chi connectivity index (χ4v) is 2.06. The summed E-state index contributed by atoms with van der Waals surface area (Å²) in [5.41, 5.74) is 4.95. The molecule has 2 rings (SSSR count). The van der Waals surface area contributed by atoms with Crippen molar-refractivity contribution in [1.82, 2.24) is 14.9 Å². The Labute approximate surface area is 122 Å². The smallest absolute Gasteiger partial charge is 0.399 e. The normalized spacial score (nSPS) is 11.6. The molecule has 1 heterocycles. The van der Waals surface area contributed by atoms with Crippen molar-refractivity contribution in [3.63, 3.8) is 0 Å². The molecule has 0 unspecified atom stereocenters. The van der Waals surface area contributed by atoms with Gasteiger partial charge < -0.3 is 11.1 Å². The van der Waals surface area contributed by atoms with Gasteiger partial charge in [0.2, 0.25) is 12.2 Å². The molecule has 1 amide bonds. The summed E-state index contributed by atoms with van der Waals surface area (Å²) >= 11 is 0. The van der Waals surface area contributed by atoms with E-state index in [1.54, 1.807) is 0 Å². The zero-order valence-corrected chi connectivity index (χ0v) is 11.4. The van der Waals surface area contributed by atoms with E-state index in [4.69, 9.17) is 5.73 Å². The summed E-state index contributed by atoms with van der Waals surface area (Å²) in [5.74, 6) is -1.26. The van der Waals surface area contributed by atoms with E-state index in [0.29, 0.717) is 11.0 Å². The number of nitrogens with zero attached hydrogens (tertiary/aromatic N) is 2. The molecule has 0 aliphatic heterocycles. The minimum Gasteiger partial charge on any atom is -0.399 e. The molecule has 0 aliphatic carbocycles. The van der Waals surface area contributed by atoms with Crippen molar-refractivity contribution in [3.8, 4) is 0 Å². The van der Waals surface area contributed by atoms with Crippen molar-refractivity contribution in [2.45, 2.75) is 19.1 Å². The van der Waals surface area contributed by atoms with Crippen molar-refractivity contribution in [2.24, 2.45) is 0 Å². The molecule has 0 saturated heterocycles. The average molecular weight is 314 g/mol. The fourth-order valence-electron chi connectivity index (χ4n) is 2.06. The molecule has 0 saturated carbocycles. The van der Waals surface area contributed by atoms with Crippen LogP contribution in [-0.4, -0.2) is 22.5 Å². The van der Waals surface area contributed by atoms with Crippen LogP contribution in [0.3, 0.4) is 0 Å². The van der Waals surface area contributed by atoms with Crippen molar-refractivity contribution >= 4 is 23.0 Å². The van der Waals surface area contributed by atoms with Crippen LogP contribution in [0, 0.1) is 0 Å². The lowest BCUT2D eigenvalue weighted by Gasteiger charge is -2.15. The van der Waals surface area contributed by atoms with E-state index in [-0.39, 0.29) is 36.1 Å². The second kappa shape index (κ2) is 6.04. The van der Waals surface area contributed by atoms with E-state index in [1.165, 1.54) is 18.2 Å². The van der Waals surface area contributed by atoms with Gasteiger partial charge in [0.1, 0.15) is 0 Å². The number of anilines is 1. The lowest BCUT2D eigenvalue weighted by Crippen LogP contribution is -2.31. The van der Waals surface area contributed by atoms with Gasteiger partial charge in [-0.2, -0.15) is 13.2 Å². The van der Waals surface area contributed by atoms with E-state index < -0.39 is 17.6 Å². The number of aromatic nitrogens is 2. The Hall–Kier alpha value is -2.58. The number of halogens is 3. The number of rotatable bonds is 5. The van der Waals surface area contributed by atoms with Crippen LogP contribution in [0.4, 0.5) is 18.9 Å². The van der Waals surface area contributed by atoms with Crippen LogP contribution in [0.25, 0.3) is 10.9 Å². The van der Waals surface area contributed by atoms with Crippen LogP contribution in [0.15, 0.2) is 23.0 Å². The molecule has 0 spiro atoms. The third-order valence-electron chi connectivity index (χ3n) is 3.02. The van der Waals surface area contributed by atoms with Gasteiger partial charge in [0.15, 0.2) is 0 Å². The second-order valence-corrected chi connectivity index (χ2v) is 4.59. The molecular formula is C13H13F3N4O2. The van der Waals surface area contributed by atoms with Crippen molar-refractivity contribution in [2.75, 3.05) is 12.3 Å². The van der Waals surface area contributed by atoms with Crippen molar-refractivity contribution in [3.05, 3.63) is 34.4 Å². The summed E-state index contributed by atoms with van der Waals surface area (Å²) in [6, 6.07) is 3.96. The topological polar surface area (TPSA) is 90.0 Å². The Morgan fingerprint density at radius 2 is 2.09 bits per heavy atom. The molecule has 22 heavy (non-hydrogen) atoms. The van der Waals surface area contributed by atoms with Gasteiger partial charge in [0.25, 0.3) is 5.56 Å². The average Bonchev–Trinajstić information content (AvgIpc) is 2.44. The number of hydrogen-bond acceptors (Lipinski definition) is 4. The van der Waals surface area contributed by atoms with Crippen LogP contribution in [-0.2, 0) is 17.5 Å². The standard InChI is InChI=1S/C13H13F3N4O2/c14-13(15,16)12-19-10-3-2-8(17)6-9(10)11(22)20(12)5-1-4-18-7-21/h2-3,6-7H,1,4-5,17H2,(H,18,21). The third-order valence-corrected chi connectivity index (χ3v) is 3.02. The number of amides is 1. The highest BCUT2D eigenvalue weighted by molar-refractivity contribution is 5.81. The molecule has 1 aromatic heterocycles. The van der Waals surface area contributed by atoms with Crippen LogP contribution >= 0.6 is 0 Å². The number of nitrogens with one attached hydrogen (secondary N) is 1. The van der Waals surface area contributed by atoms with Gasteiger partial charge >= 0.3 is 6.18 Å². The van der Waals surface area contributed by atoms with E-state index >= 15 is 0 Å². The highest BCUT2D eigenvalue weighted by atomic mass is 19.4. The van der Waals surface area contributed by atoms with Crippen LogP contribution in [0.1, 0.15) is 12.2 Å². The molecule has 0 fully saturated rings. The number of carbonyl (C=O) groups is 1. The first-order chi connectivity index (χ1) is 10.3. The number of alkyl halides is 3. The van der Waals surface area contributed by atoms with Crippen molar-refractivity contribution < 1.29 is 18.0 Å². The number of carbonyl (C=O) groups excluding carboxylic acids is 1. The fraction of sp³-hybridized carbons (Fsp3) is 0.308. The maximum Gasteiger partial charge on any atom is 0.449 e. The summed E-state index contributed by atoms with van der Waals surface area (Å²) in [6.07, 6.45) is -4.16. The highest BCUT2D eigenvalue weighted by Gasteiger charge is 2.37. The zero-order valence-electron chi connectivity index (χ0n) is 11.4. The third kappa shape index (κ3) is 3.18. The van der Waals surface area contributed by atoms with E-state index in [9.17, 15) is 22.8 Å². The van der Waals surface area contributed by atoms with Gasteiger partial charge in [-0.25, -0.2) is 4.98 Å². The lowest BCUT2D eigenvalue weighted by molar-refractivity contribution is -0.148. The largest absolute Gasteiger partial charge is 0.449 e. The molecule has 0 aliphatic rings. The number of hydrogen-bond donors (Lipinski definition) is 2. The Bertz CT molecular complexity index is 755. The minimum absolute atomic E-state index is 0.0244. The highest BCUT2D eigenvalue weighted by Crippen LogP contribution is 2.28. The summed E-state index contributed by atoms with van der Waals surface area (Å²) < 4.78 is 39.8. The van der Waals surface area contributed by atoms with E-state index in [0.717, 1.165) is 0 Å². The molecule has 1 aromatic carbocycles. The first-order valence-electron chi connectivity index (χ1n) is 6.39. The van der Waals surface area contributed by atoms with Gasteiger partial charge in [0.05, 0.1) is 10.9 Å². The maximum atomic E-state index is 13.1. The van der Waals surface area contributed by atoms with Gasteiger partial charge in [-0.3, -0.25) is 14.2 Å². The number of nitrogens with two attached hydrogens (primary N) is 1. The molecule has 0 bridgehead atoms. The maximum absolute atomic E-state index is 13.1. The quantitative estimate of drug-likeness (QED) is 0.492. The predicted octanol–water partition coefficient (Wildman–Crippen LogP) is 1.13. The molecule has 0 atom stereocenters. The molecular weight excluding hydrogens is 301 g/mol. The summed E-state index contributed by atoms with van der Waals surface area (Å²) in [4.78, 5) is 26.0. The monoisotopic (exact) mass is 314 g/mol. The van der Waals surface area contributed by atoms with Crippen molar-refractivity contribution in [1.29, 1.82) is 0 Å². The van der Waals surface area contributed by atoms with Gasteiger partial charge in [0, 0.05) is 18.8 Å². The van der Waals surface area contributed by atoms with E-state index in [2.05, 4.69) is 10.3 Å². The summed E-state index contributed by atoms with van der Waals surface area (Å²) in [5, 5.41) is 2.35. The SMILES string of the molecule is Nc1ccc2nc(C(F)(F)F)n(CCCNC=O)c(=O)c2c1. The first kappa shape index (κ1) is 15.8. The Balaban J connectivity index is 2.56. The van der Waals surface area contributed by atoms with E-state index in [1.807, 2.05) is 0 Å². The Morgan fingerprint density at radius 3 is 2.73 bits per heavy atom. The second-order valence-electron chi connectivity index (χ2n) is 4.59. The number of benzene rings is 1. The number of nitrogen functional groups attached to an aromatic ring is 1. The Kier molecular flexibility index (Phi) is 4.34. The Morgan fingerprint density at radius 1 is 1.36 bits per heavy atom. The summed E-state index contributed by atoms with van der Waals surface area (Å²) in [6.45, 7) is -0.0611. The molecule has 3 N–H and O–H groups in total. The minimum atomic E-state index is -4.76. The van der Waals surface area contributed by atoms with Gasteiger partial charge in [-0.15, -0.1) is 0 Å². The van der Waals surface area contributed by atoms with Gasteiger partial charge in [-0.1, -0.05) is 0 Å². The predicted molar refractivity (Wildman–Crippen MR) is 74.1 cm³/mol. The van der Waals surface area contributed by atoms with Crippen LogP contribution in [0.5, 0.6) is 0 Å². The van der Waals surface area contributed by atoms with Crippen LogP contribution in [0.2, 0.25) is 0 Å². The first-order valence-corrected chi connectivity index (χ1v) is 6.39. The molecule has 0 radical (unpaired) electrons. The van der Waals surface area contributed by atoms with Gasteiger partial charge in [-0.05, 0) is 24.6 Å². The molecule has 9 heteroatoms. The lowest BCUT2D eigenvalue weighted by atomic mass is 10.2. The summed E-state index contributed by atoms with van der Waals surface area (Å²) in [7, 11) is 0. The molecule has 6 nitrogen and oxygen atoms in total. The zero-order chi connectivity index (χ0) is 16.3. The molecule has 118 valence electrons.